The Morgan fingerprint density at radius 2 is 1.70 bits per heavy atom. The Hall–Kier alpha value is -1.24. The van der Waals surface area contributed by atoms with Crippen molar-refractivity contribution in [3.63, 3.8) is 0 Å². The highest BCUT2D eigenvalue weighted by molar-refractivity contribution is 7.99. The van der Waals surface area contributed by atoms with E-state index < -0.39 is 0 Å². The molecule has 0 aromatic heterocycles. The molecule has 27 heavy (non-hydrogen) atoms. The van der Waals surface area contributed by atoms with Crippen LogP contribution in [0.25, 0.3) is 0 Å². The predicted octanol–water partition coefficient (Wildman–Crippen LogP) is 3.31. The topological polar surface area (TPSA) is 49.9 Å². The van der Waals surface area contributed by atoms with Crippen molar-refractivity contribution in [2.24, 2.45) is 5.92 Å². The first-order chi connectivity index (χ1) is 13.1. The summed E-state index contributed by atoms with van der Waals surface area (Å²) >= 11 is 7.63. The molecule has 7 heteroatoms. The third-order valence-electron chi connectivity index (χ3n) is 5.14. The predicted molar refractivity (Wildman–Crippen MR) is 108 cm³/mol. The molecule has 2 heterocycles. The highest BCUT2D eigenvalue weighted by atomic mass is 35.5. The summed E-state index contributed by atoms with van der Waals surface area (Å²) in [6.07, 6.45) is 2.99. The minimum Gasteiger partial charge on any atom is -0.378 e. The minimum absolute atomic E-state index is 0.0626. The molecular weight excluding hydrogens is 384 g/mol. The molecule has 0 N–H and O–H groups in total. The molecule has 0 aliphatic carbocycles. The van der Waals surface area contributed by atoms with E-state index in [9.17, 15) is 9.59 Å². The molecular formula is C20H27ClN2O3S. The van der Waals surface area contributed by atoms with Crippen molar-refractivity contribution in [1.29, 1.82) is 0 Å². The number of benzene rings is 1. The van der Waals surface area contributed by atoms with E-state index in [0.29, 0.717) is 45.8 Å². The Balaban J connectivity index is 1.33. The number of hydrogen-bond acceptors (Lipinski definition) is 4. The number of piperidine rings is 1. The van der Waals surface area contributed by atoms with E-state index >= 15 is 0 Å². The molecule has 2 aliphatic rings. The van der Waals surface area contributed by atoms with Crippen LogP contribution in [0.4, 0.5) is 0 Å². The third-order valence-corrected chi connectivity index (χ3v) is 6.49. The highest BCUT2D eigenvalue weighted by Gasteiger charge is 2.30. The fourth-order valence-electron chi connectivity index (χ4n) is 3.52. The summed E-state index contributed by atoms with van der Waals surface area (Å²) in [6, 6.07) is 7.78. The molecule has 0 bridgehead atoms. The Bertz CT molecular complexity index is 627. The second-order valence-electron chi connectivity index (χ2n) is 7.00. The maximum Gasteiger partial charge on any atom is 0.225 e. The molecule has 148 valence electrons. The van der Waals surface area contributed by atoms with Crippen molar-refractivity contribution in [2.75, 3.05) is 45.1 Å². The molecule has 0 atom stereocenters. The lowest BCUT2D eigenvalue weighted by Crippen LogP contribution is -2.47. The van der Waals surface area contributed by atoms with Crippen LogP contribution >= 0.6 is 23.4 Å². The Morgan fingerprint density at radius 1 is 1.04 bits per heavy atom. The maximum absolute atomic E-state index is 12.6. The van der Waals surface area contributed by atoms with Crippen LogP contribution in [-0.2, 0) is 14.3 Å². The van der Waals surface area contributed by atoms with E-state index in [2.05, 4.69) is 0 Å². The van der Waals surface area contributed by atoms with Crippen LogP contribution in [0.1, 0.15) is 25.7 Å². The van der Waals surface area contributed by atoms with Gasteiger partial charge in [-0.05, 0) is 49.3 Å². The van der Waals surface area contributed by atoms with Crippen molar-refractivity contribution in [3.8, 4) is 0 Å². The fraction of sp³-hybridized carbons (Fsp3) is 0.600. The quantitative estimate of drug-likeness (QED) is 0.533. The van der Waals surface area contributed by atoms with Crippen molar-refractivity contribution in [2.45, 2.75) is 30.6 Å². The molecule has 1 aromatic carbocycles. The summed E-state index contributed by atoms with van der Waals surface area (Å²) < 4.78 is 5.31. The zero-order valence-corrected chi connectivity index (χ0v) is 17.1. The summed E-state index contributed by atoms with van der Waals surface area (Å²) in [5.41, 5.74) is 0. The Labute approximate surface area is 170 Å². The molecule has 3 rings (SSSR count). The SMILES string of the molecule is O=C(CCCSc1ccc(Cl)cc1)N1CCC(C(=O)N2CCOCC2)CC1. The molecule has 2 aliphatic heterocycles. The first-order valence-corrected chi connectivity index (χ1v) is 11.0. The number of thioether (sulfide) groups is 1. The largest absolute Gasteiger partial charge is 0.378 e. The van der Waals surface area contributed by atoms with Crippen LogP contribution in [0.2, 0.25) is 5.02 Å². The zero-order chi connectivity index (χ0) is 19.1. The van der Waals surface area contributed by atoms with Gasteiger partial charge in [0, 0.05) is 48.4 Å². The number of hydrogen-bond donors (Lipinski definition) is 0. The third kappa shape index (κ3) is 6.13. The van der Waals surface area contributed by atoms with Gasteiger partial charge in [-0.15, -0.1) is 11.8 Å². The van der Waals surface area contributed by atoms with Crippen LogP contribution in [0.15, 0.2) is 29.2 Å². The van der Waals surface area contributed by atoms with Gasteiger partial charge < -0.3 is 14.5 Å². The number of ether oxygens (including phenoxy) is 1. The lowest BCUT2D eigenvalue weighted by atomic mass is 9.95. The molecule has 2 fully saturated rings. The Morgan fingerprint density at radius 3 is 2.37 bits per heavy atom. The summed E-state index contributed by atoms with van der Waals surface area (Å²) in [7, 11) is 0. The van der Waals surface area contributed by atoms with Gasteiger partial charge in [0.25, 0.3) is 0 Å². The van der Waals surface area contributed by atoms with E-state index in [4.69, 9.17) is 16.3 Å². The van der Waals surface area contributed by atoms with Crippen molar-refractivity contribution in [3.05, 3.63) is 29.3 Å². The Kier molecular flexibility index (Phi) is 7.85. The first kappa shape index (κ1) is 20.5. The number of amides is 2. The van der Waals surface area contributed by atoms with E-state index in [1.807, 2.05) is 34.1 Å². The standard InChI is InChI=1S/C20H27ClN2O3S/c21-17-3-5-18(6-4-17)27-15-1-2-19(24)22-9-7-16(8-10-22)20(25)23-11-13-26-14-12-23/h3-6,16H,1-2,7-15H2. The van der Waals surface area contributed by atoms with Gasteiger partial charge >= 0.3 is 0 Å². The number of nitrogens with zero attached hydrogens (tertiary/aromatic N) is 2. The normalized spacial score (nSPS) is 18.6. The van der Waals surface area contributed by atoms with Gasteiger partial charge in [-0.25, -0.2) is 0 Å². The van der Waals surface area contributed by atoms with Gasteiger partial charge in [-0.1, -0.05) is 11.6 Å². The minimum atomic E-state index is 0.0626. The average Bonchev–Trinajstić information content (AvgIpc) is 2.72. The lowest BCUT2D eigenvalue weighted by molar-refractivity contribution is -0.143. The van der Waals surface area contributed by atoms with Crippen molar-refractivity contribution >= 4 is 35.2 Å². The first-order valence-electron chi connectivity index (χ1n) is 9.66. The molecule has 0 saturated carbocycles. The van der Waals surface area contributed by atoms with Gasteiger partial charge in [0.05, 0.1) is 13.2 Å². The number of halogens is 1. The van der Waals surface area contributed by atoms with Crippen LogP contribution in [0.3, 0.4) is 0 Å². The van der Waals surface area contributed by atoms with Gasteiger partial charge in [0.2, 0.25) is 11.8 Å². The van der Waals surface area contributed by atoms with E-state index in [-0.39, 0.29) is 17.7 Å². The number of carbonyl (C=O) groups excluding carboxylic acids is 2. The van der Waals surface area contributed by atoms with Gasteiger partial charge in [-0.2, -0.15) is 0 Å². The molecule has 1 aromatic rings. The molecule has 0 unspecified atom stereocenters. The number of likely N-dealkylation sites (tertiary alicyclic amines) is 1. The van der Waals surface area contributed by atoms with Crippen molar-refractivity contribution in [1.82, 2.24) is 9.80 Å². The second-order valence-corrected chi connectivity index (χ2v) is 8.60. The molecule has 5 nitrogen and oxygen atoms in total. The summed E-state index contributed by atoms with van der Waals surface area (Å²) in [5, 5.41) is 0.741. The second kappa shape index (κ2) is 10.3. The summed E-state index contributed by atoms with van der Waals surface area (Å²) in [5.74, 6) is 1.43. The zero-order valence-electron chi connectivity index (χ0n) is 15.6. The molecule has 2 saturated heterocycles. The molecule has 0 spiro atoms. The van der Waals surface area contributed by atoms with Crippen LogP contribution in [0.5, 0.6) is 0 Å². The lowest BCUT2D eigenvalue weighted by Gasteiger charge is -2.35. The summed E-state index contributed by atoms with van der Waals surface area (Å²) in [6.45, 7) is 4.06. The van der Waals surface area contributed by atoms with Gasteiger partial charge in [0.15, 0.2) is 0 Å². The van der Waals surface area contributed by atoms with E-state index in [1.165, 1.54) is 4.90 Å². The van der Waals surface area contributed by atoms with E-state index in [1.54, 1.807) is 11.8 Å². The fourth-order valence-corrected chi connectivity index (χ4v) is 4.50. The average molecular weight is 411 g/mol. The molecule has 2 amide bonds. The van der Waals surface area contributed by atoms with Gasteiger partial charge in [0.1, 0.15) is 0 Å². The van der Waals surface area contributed by atoms with E-state index in [0.717, 1.165) is 30.0 Å². The molecule has 0 radical (unpaired) electrons. The smallest absolute Gasteiger partial charge is 0.225 e. The number of carbonyl (C=O) groups is 2. The number of rotatable bonds is 6. The monoisotopic (exact) mass is 410 g/mol. The van der Waals surface area contributed by atoms with Crippen LogP contribution < -0.4 is 0 Å². The van der Waals surface area contributed by atoms with Crippen LogP contribution in [0, 0.1) is 5.92 Å². The van der Waals surface area contributed by atoms with Gasteiger partial charge in [-0.3, -0.25) is 9.59 Å². The highest BCUT2D eigenvalue weighted by Crippen LogP contribution is 2.23. The van der Waals surface area contributed by atoms with Crippen molar-refractivity contribution < 1.29 is 14.3 Å². The van der Waals surface area contributed by atoms with Crippen LogP contribution in [-0.4, -0.2) is 66.8 Å². The number of morpholine rings is 1. The summed E-state index contributed by atoms with van der Waals surface area (Å²) in [4.78, 5) is 30.0. The maximum atomic E-state index is 12.6.